The first-order chi connectivity index (χ1) is 17.5. The third kappa shape index (κ3) is 4.24. The summed E-state index contributed by atoms with van der Waals surface area (Å²) in [5.41, 5.74) is 0.552. The van der Waals surface area contributed by atoms with Gasteiger partial charge in [0.2, 0.25) is 5.76 Å². The van der Waals surface area contributed by atoms with Crippen molar-refractivity contribution in [2.24, 2.45) is 0 Å². The molecule has 2 aromatic carbocycles. The second kappa shape index (κ2) is 9.49. The highest BCUT2D eigenvalue weighted by atomic mass is 19.1. The SMILES string of the molecule is COC(=O)c1ccc(Cn2cnc3c2c(=O)n(CCc2ccccc2)c(=O)n3-c2ccc(F)cc2)o1. The lowest BCUT2D eigenvalue weighted by molar-refractivity contribution is 0.0563. The minimum atomic E-state index is -0.620. The van der Waals surface area contributed by atoms with E-state index >= 15 is 0 Å². The van der Waals surface area contributed by atoms with Gasteiger partial charge in [-0.15, -0.1) is 0 Å². The Morgan fingerprint density at radius 3 is 2.50 bits per heavy atom. The number of hydrogen-bond acceptors (Lipinski definition) is 6. The molecule has 36 heavy (non-hydrogen) atoms. The first kappa shape index (κ1) is 23.0. The highest BCUT2D eigenvalue weighted by Crippen LogP contribution is 2.17. The number of halogens is 1. The Kier molecular flexibility index (Phi) is 6.07. The number of carbonyl (C=O) groups is 1. The highest BCUT2D eigenvalue weighted by molar-refractivity contribution is 5.86. The Bertz CT molecular complexity index is 1660. The summed E-state index contributed by atoms with van der Waals surface area (Å²) in [7, 11) is 1.25. The number of rotatable bonds is 7. The minimum Gasteiger partial charge on any atom is -0.463 e. The Morgan fingerprint density at radius 1 is 1.03 bits per heavy atom. The molecule has 0 unspecified atom stereocenters. The summed E-state index contributed by atoms with van der Waals surface area (Å²) in [4.78, 5) is 43.1. The number of furan rings is 1. The maximum absolute atomic E-state index is 13.6. The van der Waals surface area contributed by atoms with Gasteiger partial charge in [0.25, 0.3) is 5.56 Å². The van der Waals surface area contributed by atoms with E-state index in [0.717, 1.165) is 10.1 Å². The molecule has 0 aliphatic heterocycles. The summed E-state index contributed by atoms with van der Waals surface area (Å²) in [6.45, 7) is 0.222. The molecule has 0 spiro atoms. The molecule has 0 fully saturated rings. The quantitative estimate of drug-likeness (QED) is 0.326. The maximum atomic E-state index is 13.6. The molecule has 3 heterocycles. The number of carbonyl (C=O) groups excluding carboxylic acids is 1. The molecule has 10 heteroatoms. The molecule has 5 aromatic rings. The predicted octanol–water partition coefficient (Wildman–Crippen LogP) is 3.16. The Labute approximate surface area is 203 Å². The summed E-state index contributed by atoms with van der Waals surface area (Å²) < 4.78 is 27.8. The van der Waals surface area contributed by atoms with Gasteiger partial charge >= 0.3 is 11.7 Å². The van der Waals surface area contributed by atoms with E-state index in [1.807, 2.05) is 30.3 Å². The van der Waals surface area contributed by atoms with Gasteiger partial charge in [0.05, 0.1) is 25.7 Å². The summed E-state index contributed by atoms with van der Waals surface area (Å²) >= 11 is 0. The number of aromatic nitrogens is 4. The molecule has 5 rings (SSSR count). The molecule has 0 radical (unpaired) electrons. The van der Waals surface area contributed by atoms with Crippen LogP contribution >= 0.6 is 0 Å². The van der Waals surface area contributed by atoms with Gasteiger partial charge in [-0.1, -0.05) is 30.3 Å². The normalized spacial score (nSPS) is 11.2. The molecule has 0 saturated carbocycles. The van der Waals surface area contributed by atoms with E-state index in [1.54, 1.807) is 10.6 Å². The predicted molar refractivity (Wildman–Crippen MR) is 129 cm³/mol. The fourth-order valence-corrected chi connectivity index (χ4v) is 4.05. The van der Waals surface area contributed by atoms with Crippen molar-refractivity contribution in [3.8, 4) is 5.69 Å². The van der Waals surface area contributed by atoms with Crippen LogP contribution in [0.2, 0.25) is 0 Å². The van der Waals surface area contributed by atoms with Gasteiger partial charge in [0.1, 0.15) is 11.6 Å². The van der Waals surface area contributed by atoms with Crippen molar-refractivity contribution in [2.75, 3.05) is 7.11 Å². The maximum Gasteiger partial charge on any atom is 0.373 e. The number of benzene rings is 2. The molecular weight excluding hydrogens is 467 g/mol. The average molecular weight is 488 g/mol. The lowest BCUT2D eigenvalue weighted by Gasteiger charge is -2.13. The van der Waals surface area contributed by atoms with Gasteiger partial charge in [-0.3, -0.25) is 9.36 Å². The topological polar surface area (TPSA) is 101 Å². The van der Waals surface area contributed by atoms with Crippen LogP contribution in [0.1, 0.15) is 21.9 Å². The van der Waals surface area contributed by atoms with Gasteiger partial charge < -0.3 is 13.7 Å². The fraction of sp³-hybridized carbons (Fsp3) is 0.154. The highest BCUT2D eigenvalue weighted by Gasteiger charge is 2.20. The summed E-state index contributed by atoms with van der Waals surface area (Å²) in [6, 6.07) is 18.0. The summed E-state index contributed by atoms with van der Waals surface area (Å²) in [6.07, 6.45) is 1.88. The Morgan fingerprint density at radius 2 is 1.78 bits per heavy atom. The van der Waals surface area contributed by atoms with Crippen molar-refractivity contribution in [3.05, 3.63) is 117 Å². The van der Waals surface area contributed by atoms with E-state index in [9.17, 15) is 18.8 Å². The monoisotopic (exact) mass is 488 g/mol. The van der Waals surface area contributed by atoms with Crippen molar-refractivity contribution in [1.82, 2.24) is 18.7 Å². The number of fused-ring (bicyclic) bond motifs is 1. The van der Waals surface area contributed by atoms with Crippen LogP contribution in [0.25, 0.3) is 16.9 Å². The molecule has 0 bridgehead atoms. The van der Waals surface area contributed by atoms with Crippen molar-refractivity contribution in [1.29, 1.82) is 0 Å². The Hall–Kier alpha value is -4.73. The summed E-state index contributed by atoms with van der Waals surface area (Å²) in [5, 5.41) is 0. The van der Waals surface area contributed by atoms with E-state index < -0.39 is 23.0 Å². The van der Waals surface area contributed by atoms with Crippen LogP contribution in [0, 0.1) is 5.82 Å². The second-order valence-electron chi connectivity index (χ2n) is 8.09. The zero-order valence-corrected chi connectivity index (χ0v) is 19.3. The molecule has 0 N–H and O–H groups in total. The number of aryl methyl sites for hydroxylation is 1. The van der Waals surface area contributed by atoms with Gasteiger partial charge in [-0.2, -0.15) is 0 Å². The standard InChI is InChI=1S/C26H21FN4O5/c1-35-25(33)21-12-11-20(36-21)15-29-16-28-23-22(29)24(32)30(14-13-17-5-3-2-4-6-17)26(34)31(23)19-9-7-18(27)8-10-19/h2-12,16H,13-15H2,1H3. The van der Waals surface area contributed by atoms with Crippen molar-refractivity contribution >= 4 is 17.1 Å². The second-order valence-corrected chi connectivity index (χ2v) is 8.09. The zero-order chi connectivity index (χ0) is 25.2. The van der Waals surface area contributed by atoms with Crippen LogP contribution in [-0.2, 0) is 24.2 Å². The van der Waals surface area contributed by atoms with Crippen LogP contribution in [0.15, 0.2) is 87.1 Å². The molecule has 182 valence electrons. The number of nitrogens with zero attached hydrogens (tertiary/aromatic N) is 4. The van der Waals surface area contributed by atoms with Crippen molar-refractivity contribution in [3.63, 3.8) is 0 Å². The lowest BCUT2D eigenvalue weighted by atomic mass is 10.1. The first-order valence-electron chi connectivity index (χ1n) is 11.1. The van der Waals surface area contributed by atoms with Crippen molar-refractivity contribution in [2.45, 2.75) is 19.5 Å². The first-order valence-corrected chi connectivity index (χ1v) is 11.1. The molecule has 0 amide bonds. The van der Waals surface area contributed by atoms with E-state index in [-0.39, 0.29) is 30.0 Å². The average Bonchev–Trinajstić information content (AvgIpc) is 3.53. The number of esters is 1. The Balaban J connectivity index is 1.64. The lowest BCUT2D eigenvalue weighted by Crippen LogP contribution is -2.40. The smallest absolute Gasteiger partial charge is 0.373 e. The number of hydrogen-bond donors (Lipinski definition) is 0. The molecule has 0 aliphatic carbocycles. The third-order valence-electron chi connectivity index (χ3n) is 5.83. The van der Waals surface area contributed by atoms with Gasteiger partial charge in [0.15, 0.2) is 11.2 Å². The van der Waals surface area contributed by atoms with Crippen LogP contribution in [-0.4, -0.2) is 31.8 Å². The van der Waals surface area contributed by atoms with Gasteiger partial charge in [-0.05, 0) is 48.4 Å². The largest absolute Gasteiger partial charge is 0.463 e. The minimum absolute atomic E-state index is 0.0282. The zero-order valence-electron chi connectivity index (χ0n) is 19.3. The van der Waals surface area contributed by atoms with Crippen LogP contribution in [0.5, 0.6) is 0 Å². The molecule has 9 nitrogen and oxygen atoms in total. The molecule has 3 aromatic heterocycles. The van der Waals surface area contributed by atoms with E-state index in [1.165, 1.54) is 48.3 Å². The van der Waals surface area contributed by atoms with Crippen LogP contribution in [0.3, 0.4) is 0 Å². The number of ether oxygens (including phenoxy) is 1. The van der Waals surface area contributed by atoms with E-state index in [4.69, 9.17) is 4.42 Å². The number of methoxy groups -OCH3 is 1. The van der Waals surface area contributed by atoms with E-state index in [2.05, 4.69) is 9.72 Å². The van der Waals surface area contributed by atoms with Gasteiger partial charge in [0, 0.05) is 6.54 Å². The van der Waals surface area contributed by atoms with E-state index in [0.29, 0.717) is 17.9 Å². The molecule has 0 aliphatic rings. The summed E-state index contributed by atoms with van der Waals surface area (Å²) in [5.74, 6) is -0.653. The molecule has 0 saturated heterocycles. The van der Waals surface area contributed by atoms with Crippen molar-refractivity contribution < 1.29 is 18.3 Å². The van der Waals surface area contributed by atoms with Crippen LogP contribution < -0.4 is 11.2 Å². The number of imidazole rings is 1. The molecular formula is C26H21FN4O5. The molecule has 0 atom stereocenters. The third-order valence-corrected chi connectivity index (χ3v) is 5.83. The fourth-order valence-electron chi connectivity index (χ4n) is 4.05. The van der Waals surface area contributed by atoms with Gasteiger partial charge in [-0.25, -0.2) is 23.5 Å². The van der Waals surface area contributed by atoms with Crippen LogP contribution in [0.4, 0.5) is 4.39 Å².